The van der Waals surface area contributed by atoms with Crippen LogP contribution < -0.4 is 14.9 Å². The minimum absolute atomic E-state index is 0.0478. The molecule has 1 unspecified atom stereocenters. The lowest BCUT2D eigenvalue weighted by atomic mass is 10.1. The Balaban J connectivity index is 1.49. The van der Waals surface area contributed by atoms with Crippen LogP contribution in [-0.2, 0) is 10.0 Å². The molecule has 0 aromatic heterocycles. The topological polar surface area (TPSA) is 78.5 Å². The fourth-order valence-electron chi connectivity index (χ4n) is 3.06. The summed E-state index contributed by atoms with van der Waals surface area (Å²) in [5, 5.41) is 2.63. The van der Waals surface area contributed by atoms with Crippen LogP contribution in [0.1, 0.15) is 12.0 Å². The molecule has 2 aromatic rings. The van der Waals surface area contributed by atoms with E-state index in [1.54, 1.807) is 24.3 Å². The van der Waals surface area contributed by atoms with E-state index in [0.717, 1.165) is 30.8 Å². The number of halogens is 1. The molecule has 2 amide bonds. The molecule has 1 aliphatic rings. The summed E-state index contributed by atoms with van der Waals surface area (Å²) in [5.41, 5.74) is 1.87. The van der Waals surface area contributed by atoms with Crippen molar-refractivity contribution in [2.45, 2.75) is 18.2 Å². The number of sulfonamides is 1. The van der Waals surface area contributed by atoms with Crippen molar-refractivity contribution in [1.29, 1.82) is 0 Å². The summed E-state index contributed by atoms with van der Waals surface area (Å²) >= 11 is 0. The quantitative estimate of drug-likeness (QED) is 0.821. The summed E-state index contributed by atoms with van der Waals surface area (Å²) in [5.74, 6) is -0.0782. The number of hydrogen-bond donors (Lipinski definition) is 2. The minimum Gasteiger partial charge on any atom is -0.371 e. The molecule has 0 bridgehead atoms. The number of benzene rings is 2. The first-order valence-corrected chi connectivity index (χ1v) is 10.2. The van der Waals surface area contributed by atoms with Gasteiger partial charge in [0.15, 0.2) is 0 Å². The summed E-state index contributed by atoms with van der Waals surface area (Å²) in [6.07, 6.45) is 0.863. The van der Waals surface area contributed by atoms with Gasteiger partial charge in [0.05, 0.1) is 4.90 Å². The molecule has 1 heterocycles. The maximum atomic E-state index is 13.0. The zero-order valence-electron chi connectivity index (χ0n) is 15.0. The second-order valence-electron chi connectivity index (χ2n) is 6.71. The number of carbonyl (C=O) groups is 1. The first-order chi connectivity index (χ1) is 12.8. The van der Waals surface area contributed by atoms with Crippen LogP contribution in [0.2, 0.25) is 0 Å². The van der Waals surface area contributed by atoms with Crippen molar-refractivity contribution in [3.8, 4) is 0 Å². The number of anilines is 1. The molecule has 2 aromatic carbocycles. The Labute approximate surface area is 158 Å². The standard InChI is InChI=1S/C19H22FN3O3S/c1-14-2-8-18(9-3-14)27(25,26)22-19(24)21-12-15-10-11-23(13-15)17-6-4-16(20)5-7-17/h2-9,15H,10-13H2,1H3,(H2,21,22,24). The number of amides is 2. The van der Waals surface area contributed by atoms with E-state index in [9.17, 15) is 17.6 Å². The fourth-order valence-corrected chi connectivity index (χ4v) is 3.99. The molecule has 144 valence electrons. The van der Waals surface area contributed by atoms with E-state index < -0.39 is 16.1 Å². The number of rotatable bonds is 5. The van der Waals surface area contributed by atoms with Gasteiger partial charge in [-0.1, -0.05) is 17.7 Å². The zero-order chi connectivity index (χ0) is 19.4. The van der Waals surface area contributed by atoms with Gasteiger partial charge in [0.1, 0.15) is 5.82 Å². The highest BCUT2D eigenvalue weighted by Crippen LogP contribution is 2.23. The van der Waals surface area contributed by atoms with Gasteiger partial charge >= 0.3 is 6.03 Å². The van der Waals surface area contributed by atoms with Crippen molar-refractivity contribution in [1.82, 2.24) is 10.0 Å². The van der Waals surface area contributed by atoms with Crippen molar-refractivity contribution in [3.05, 3.63) is 59.9 Å². The van der Waals surface area contributed by atoms with Gasteiger partial charge in [0.2, 0.25) is 0 Å². The van der Waals surface area contributed by atoms with Crippen LogP contribution in [0.4, 0.5) is 14.9 Å². The second-order valence-corrected chi connectivity index (χ2v) is 8.39. The van der Waals surface area contributed by atoms with Crippen LogP contribution >= 0.6 is 0 Å². The Kier molecular flexibility index (Phi) is 5.65. The first kappa shape index (κ1) is 19.2. The highest BCUT2D eigenvalue weighted by molar-refractivity contribution is 7.90. The molecule has 1 fully saturated rings. The fraction of sp³-hybridized carbons (Fsp3) is 0.316. The van der Waals surface area contributed by atoms with Crippen LogP contribution in [0.3, 0.4) is 0 Å². The number of nitrogens with one attached hydrogen (secondary N) is 2. The number of urea groups is 1. The van der Waals surface area contributed by atoms with Crippen molar-refractivity contribution in [2.75, 3.05) is 24.5 Å². The molecule has 3 rings (SSSR count). The van der Waals surface area contributed by atoms with Crippen molar-refractivity contribution in [2.24, 2.45) is 5.92 Å². The molecule has 1 atom stereocenters. The Bertz CT molecular complexity index is 899. The second kappa shape index (κ2) is 7.96. The van der Waals surface area contributed by atoms with Crippen molar-refractivity contribution in [3.63, 3.8) is 0 Å². The molecule has 27 heavy (non-hydrogen) atoms. The van der Waals surface area contributed by atoms with E-state index in [4.69, 9.17) is 0 Å². The third-order valence-electron chi connectivity index (χ3n) is 4.59. The number of nitrogens with zero attached hydrogens (tertiary/aromatic N) is 1. The SMILES string of the molecule is Cc1ccc(S(=O)(=O)NC(=O)NCC2CCN(c3ccc(F)cc3)C2)cc1. The summed E-state index contributed by atoms with van der Waals surface area (Å²) in [4.78, 5) is 14.2. The summed E-state index contributed by atoms with van der Waals surface area (Å²) < 4.78 is 39.5. The highest BCUT2D eigenvalue weighted by Gasteiger charge is 2.24. The van der Waals surface area contributed by atoms with Crippen molar-refractivity contribution < 1.29 is 17.6 Å². The highest BCUT2D eigenvalue weighted by atomic mass is 32.2. The van der Waals surface area contributed by atoms with Gasteiger partial charge in [0, 0.05) is 25.3 Å². The van der Waals surface area contributed by atoms with E-state index in [0.29, 0.717) is 6.54 Å². The molecule has 8 heteroatoms. The average molecular weight is 391 g/mol. The largest absolute Gasteiger partial charge is 0.371 e. The van der Waals surface area contributed by atoms with Crippen LogP contribution in [0.25, 0.3) is 0 Å². The summed E-state index contributed by atoms with van der Waals surface area (Å²) in [7, 11) is -3.89. The molecular weight excluding hydrogens is 369 g/mol. The molecule has 1 aliphatic heterocycles. The van der Waals surface area contributed by atoms with E-state index in [2.05, 4.69) is 10.2 Å². The normalized spacial score (nSPS) is 17.0. The molecule has 0 spiro atoms. The van der Waals surface area contributed by atoms with E-state index in [-0.39, 0.29) is 16.6 Å². The maximum absolute atomic E-state index is 13.0. The summed E-state index contributed by atoms with van der Waals surface area (Å²) in [6.45, 7) is 3.75. The molecule has 0 aliphatic carbocycles. The Morgan fingerprint density at radius 2 is 1.81 bits per heavy atom. The Morgan fingerprint density at radius 3 is 2.48 bits per heavy atom. The van der Waals surface area contributed by atoms with Gasteiger partial charge in [-0.3, -0.25) is 0 Å². The zero-order valence-corrected chi connectivity index (χ0v) is 15.8. The third kappa shape index (κ3) is 4.97. The van der Waals surface area contributed by atoms with Gasteiger partial charge in [-0.05, 0) is 55.7 Å². The lowest BCUT2D eigenvalue weighted by Gasteiger charge is -2.19. The molecule has 0 radical (unpaired) electrons. The van der Waals surface area contributed by atoms with Crippen LogP contribution in [0.15, 0.2) is 53.4 Å². The van der Waals surface area contributed by atoms with Crippen LogP contribution in [0, 0.1) is 18.7 Å². The van der Waals surface area contributed by atoms with E-state index >= 15 is 0 Å². The predicted molar refractivity (Wildman–Crippen MR) is 102 cm³/mol. The minimum atomic E-state index is -3.89. The number of hydrogen-bond acceptors (Lipinski definition) is 4. The van der Waals surface area contributed by atoms with Gasteiger partial charge in [0.25, 0.3) is 10.0 Å². The molecule has 1 saturated heterocycles. The number of carbonyl (C=O) groups excluding carboxylic acids is 1. The molecule has 0 saturated carbocycles. The van der Waals surface area contributed by atoms with Gasteiger partial charge in [-0.2, -0.15) is 0 Å². The maximum Gasteiger partial charge on any atom is 0.328 e. The van der Waals surface area contributed by atoms with Crippen LogP contribution in [-0.4, -0.2) is 34.1 Å². The Hall–Kier alpha value is -2.61. The molecule has 6 nitrogen and oxygen atoms in total. The lowest BCUT2D eigenvalue weighted by molar-refractivity contribution is 0.244. The van der Waals surface area contributed by atoms with E-state index in [1.807, 2.05) is 11.6 Å². The molecule has 2 N–H and O–H groups in total. The third-order valence-corrected chi connectivity index (χ3v) is 5.93. The van der Waals surface area contributed by atoms with E-state index in [1.165, 1.54) is 24.3 Å². The van der Waals surface area contributed by atoms with Gasteiger partial charge in [-0.15, -0.1) is 0 Å². The number of aryl methyl sites for hydroxylation is 1. The van der Waals surface area contributed by atoms with Crippen molar-refractivity contribution >= 4 is 21.7 Å². The van der Waals surface area contributed by atoms with Gasteiger partial charge in [-0.25, -0.2) is 22.3 Å². The monoisotopic (exact) mass is 391 g/mol. The van der Waals surface area contributed by atoms with Crippen LogP contribution in [0.5, 0.6) is 0 Å². The molecular formula is C19H22FN3O3S. The first-order valence-electron chi connectivity index (χ1n) is 8.71. The predicted octanol–water partition coefficient (Wildman–Crippen LogP) is 2.65. The average Bonchev–Trinajstić information content (AvgIpc) is 3.10. The summed E-state index contributed by atoms with van der Waals surface area (Å²) in [6, 6.07) is 11.8. The Morgan fingerprint density at radius 1 is 1.15 bits per heavy atom. The van der Waals surface area contributed by atoms with Gasteiger partial charge < -0.3 is 10.2 Å². The smallest absolute Gasteiger partial charge is 0.328 e. The lowest BCUT2D eigenvalue weighted by Crippen LogP contribution is -2.41.